The molecule has 19 heavy (non-hydrogen) atoms. The number of pyridine rings is 1. The second-order valence-corrected chi connectivity index (χ2v) is 4.51. The second kappa shape index (κ2) is 5.71. The standard InChI is InChI=1S/C14H12ClNO3/c1-9-4-10(7-16-6-9)8-19-11-2-3-13(15)12(5-11)14(17)18/h2-7H,8H2,1H3,(H,17,18). The van der Waals surface area contributed by atoms with Crippen molar-refractivity contribution in [2.75, 3.05) is 0 Å². The smallest absolute Gasteiger partial charge is 0.337 e. The number of hydrogen-bond donors (Lipinski definition) is 1. The summed E-state index contributed by atoms with van der Waals surface area (Å²) in [4.78, 5) is 15.0. The average Bonchev–Trinajstić information content (AvgIpc) is 2.37. The molecule has 0 spiro atoms. The molecule has 1 aromatic heterocycles. The fraction of sp³-hybridized carbons (Fsp3) is 0.143. The van der Waals surface area contributed by atoms with Crippen molar-refractivity contribution in [1.29, 1.82) is 0 Å². The van der Waals surface area contributed by atoms with Crippen molar-refractivity contribution in [2.45, 2.75) is 13.5 Å². The van der Waals surface area contributed by atoms with Gasteiger partial charge in [-0.2, -0.15) is 0 Å². The Morgan fingerprint density at radius 2 is 2.16 bits per heavy atom. The minimum absolute atomic E-state index is 0.0292. The van der Waals surface area contributed by atoms with Gasteiger partial charge in [0.15, 0.2) is 0 Å². The second-order valence-electron chi connectivity index (χ2n) is 4.11. The van der Waals surface area contributed by atoms with Gasteiger partial charge in [0.25, 0.3) is 0 Å². The van der Waals surface area contributed by atoms with Crippen LogP contribution in [0.3, 0.4) is 0 Å². The molecular formula is C14H12ClNO3. The summed E-state index contributed by atoms with van der Waals surface area (Å²) in [6.07, 6.45) is 3.47. The molecule has 0 saturated carbocycles. The summed E-state index contributed by atoms with van der Waals surface area (Å²) in [5.74, 6) is -0.615. The number of benzene rings is 1. The van der Waals surface area contributed by atoms with Crippen molar-refractivity contribution in [3.8, 4) is 5.75 Å². The molecule has 0 amide bonds. The Morgan fingerprint density at radius 3 is 2.84 bits per heavy atom. The first-order valence-electron chi connectivity index (χ1n) is 5.62. The maximum Gasteiger partial charge on any atom is 0.337 e. The number of ether oxygens (including phenoxy) is 1. The summed E-state index contributed by atoms with van der Waals surface area (Å²) in [6.45, 7) is 2.27. The van der Waals surface area contributed by atoms with Gasteiger partial charge in [0.2, 0.25) is 0 Å². The van der Waals surface area contributed by atoms with Crippen LogP contribution in [-0.4, -0.2) is 16.1 Å². The van der Waals surface area contributed by atoms with Crippen LogP contribution in [-0.2, 0) is 6.61 Å². The highest BCUT2D eigenvalue weighted by molar-refractivity contribution is 6.33. The van der Waals surface area contributed by atoms with E-state index < -0.39 is 5.97 Å². The summed E-state index contributed by atoms with van der Waals surface area (Å²) >= 11 is 5.78. The van der Waals surface area contributed by atoms with Gasteiger partial charge in [0.05, 0.1) is 10.6 Å². The van der Waals surface area contributed by atoms with E-state index in [1.807, 2.05) is 13.0 Å². The molecule has 98 valence electrons. The Morgan fingerprint density at radius 1 is 1.37 bits per heavy atom. The first kappa shape index (κ1) is 13.4. The zero-order chi connectivity index (χ0) is 13.8. The highest BCUT2D eigenvalue weighted by Crippen LogP contribution is 2.22. The van der Waals surface area contributed by atoms with Gasteiger partial charge in [-0.1, -0.05) is 11.6 Å². The largest absolute Gasteiger partial charge is 0.489 e. The van der Waals surface area contributed by atoms with Crippen LogP contribution in [0.5, 0.6) is 5.75 Å². The summed E-state index contributed by atoms with van der Waals surface area (Å²) < 4.78 is 5.53. The van der Waals surface area contributed by atoms with Crippen molar-refractivity contribution in [2.24, 2.45) is 0 Å². The van der Waals surface area contributed by atoms with E-state index in [9.17, 15) is 4.79 Å². The molecule has 0 saturated heterocycles. The van der Waals surface area contributed by atoms with Crippen molar-refractivity contribution < 1.29 is 14.6 Å². The number of aryl methyl sites for hydroxylation is 1. The fourth-order valence-electron chi connectivity index (χ4n) is 1.62. The van der Waals surface area contributed by atoms with Gasteiger partial charge in [-0.25, -0.2) is 4.79 Å². The Hall–Kier alpha value is -2.07. The SMILES string of the molecule is Cc1cncc(COc2ccc(Cl)c(C(=O)O)c2)c1. The van der Waals surface area contributed by atoms with Gasteiger partial charge in [-0.05, 0) is 36.8 Å². The number of carbonyl (C=O) groups is 1. The van der Waals surface area contributed by atoms with Crippen molar-refractivity contribution >= 4 is 17.6 Å². The molecule has 0 unspecified atom stereocenters. The number of rotatable bonds is 4. The van der Waals surface area contributed by atoms with Crippen LogP contribution in [0.25, 0.3) is 0 Å². The zero-order valence-electron chi connectivity index (χ0n) is 10.3. The summed E-state index contributed by atoms with van der Waals surface area (Å²) in [7, 11) is 0. The number of aromatic carboxylic acids is 1. The van der Waals surface area contributed by atoms with E-state index in [4.69, 9.17) is 21.4 Å². The number of nitrogens with zero attached hydrogens (tertiary/aromatic N) is 1. The predicted octanol–water partition coefficient (Wildman–Crippen LogP) is 3.32. The molecule has 0 bridgehead atoms. The van der Waals surface area contributed by atoms with E-state index in [0.29, 0.717) is 12.4 Å². The van der Waals surface area contributed by atoms with Crippen LogP contribution in [0.2, 0.25) is 5.02 Å². The van der Waals surface area contributed by atoms with Crippen LogP contribution in [0, 0.1) is 6.92 Å². The minimum Gasteiger partial charge on any atom is -0.489 e. The predicted molar refractivity (Wildman–Crippen MR) is 71.7 cm³/mol. The lowest BCUT2D eigenvalue weighted by Crippen LogP contribution is -2.00. The Bertz CT molecular complexity index is 613. The van der Waals surface area contributed by atoms with Gasteiger partial charge >= 0.3 is 5.97 Å². The molecule has 0 fully saturated rings. The van der Waals surface area contributed by atoms with E-state index in [2.05, 4.69) is 4.98 Å². The average molecular weight is 278 g/mol. The summed E-state index contributed by atoms with van der Waals surface area (Å²) in [6, 6.07) is 6.52. The van der Waals surface area contributed by atoms with E-state index in [-0.39, 0.29) is 10.6 Å². The van der Waals surface area contributed by atoms with Crippen LogP contribution in [0.4, 0.5) is 0 Å². The third-order valence-corrected chi connectivity index (χ3v) is 2.83. The van der Waals surface area contributed by atoms with E-state index in [1.54, 1.807) is 18.5 Å². The van der Waals surface area contributed by atoms with Crippen molar-refractivity contribution in [3.05, 3.63) is 58.4 Å². The number of hydrogen-bond acceptors (Lipinski definition) is 3. The van der Waals surface area contributed by atoms with Crippen LogP contribution < -0.4 is 4.74 Å². The van der Waals surface area contributed by atoms with Gasteiger partial charge in [0, 0.05) is 18.0 Å². The molecule has 4 nitrogen and oxygen atoms in total. The molecule has 0 aliphatic carbocycles. The Balaban J connectivity index is 2.12. The van der Waals surface area contributed by atoms with Crippen LogP contribution >= 0.6 is 11.6 Å². The topological polar surface area (TPSA) is 59.4 Å². The first-order chi connectivity index (χ1) is 9.06. The number of halogens is 1. The lowest BCUT2D eigenvalue weighted by atomic mass is 10.2. The molecule has 0 atom stereocenters. The summed E-state index contributed by atoms with van der Waals surface area (Å²) in [5, 5.41) is 9.15. The molecular weight excluding hydrogens is 266 g/mol. The Labute approximate surface area is 115 Å². The van der Waals surface area contributed by atoms with Gasteiger partial charge in [0.1, 0.15) is 12.4 Å². The Kier molecular flexibility index (Phi) is 4.02. The lowest BCUT2D eigenvalue weighted by Gasteiger charge is -2.08. The quantitative estimate of drug-likeness (QED) is 0.931. The highest BCUT2D eigenvalue weighted by atomic mass is 35.5. The molecule has 1 aromatic carbocycles. The summed E-state index contributed by atoms with van der Waals surface area (Å²) in [5.41, 5.74) is 2.00. The third kappa shape index (κ3) is 3.45. The van der Waals surface area contributed by atoms with Crippen LogP contribution in [0.1, 0.15) is 21.5 Å². The van der Waals surface area contributed by atoms with Gasteiger partial charge in [-0.15, -0.1) is 0 Å². The van der Waals surface area contributed by atoms with Crippen LogP contribution in [0.15, 0.2) is 36.7 Å². The maximum atomic E-state index is 10.9. The molecule has 0 radical (unpaired) electrons. The molecule has 5 heteroatoms. The lowest BCUT2D eigenvalue weighted by molar-refractivity contribution is 0.0696. The molecule has 1 heterocycles. The molecule has 2 rings (SSSR count). The minimum atomic E-state index is -1.08. The number of aromatic nitrogens is 1. The highest BCUT2D eigenvalue weighted by Gasteiger charge is 2.10. The zero-order valence-corrected chi connectivity index (χ0v) is 11.0. The molecule has 0 aliphatic heterocycles. The fourth-order valence-corrected chi connectivity index (χ4v) is 1.82. The normalized spacial score (nSPS) is 10.2. The van der Waals surface area contributed by atoms with E-state index in [0.717, 1.165) is 11.1 Å². The van der Waals surface area contributed by atoms with Gasteiger partial charge < -0.3 is 9.84 Å². The van der Waals surface area contributed by atoms with E-state index in [1.165, 1.54) is 12.1 Å². The maximum absolute atomic E-state index is 10.9. The molecule has 0 aliphatic rings. The van der Waals surface area contributed by atoms with E-state index >= 15 is 0 Å². The van der Waals surface area contributed by atoms with Gasteiger partial charge in [-0.3, -0.25) is 4.98 Å². The third-order valence-electron chi connectivity index (χ3n) is 2.51. The first-order valence-corrected chi connectivity index (χ1v) is 6.00. The van der Waals surface area contributed by atoms with Crippen molar-refractivity contribution in [3.63, 3.8) is 0 Å². The number of carboxylic acids is 1. The molecule has 2 aromatic rings. The number of carboxylic acid groups (broad SMARTS) is 1. The monoisotopic (exact) mass is 277 g/mol. The van der Waals surface area contributed by atoms with Crippen molar-refractivity contribution in [1.82, 2.24) is 4.98 Å². The molecule has 1 N–H and O–H groups in total.